The van der Waals surface area contributed by atoms with Crippen LogP contribution in [0.3, 0.4) is 0 Å². The van der Waals surface area contributed by atoms with Crippen LogP contribution in [0.15, 0.2) is 35.3 Å². The quantitative estimate of drug-likeness (QED) is 0.687. The highest BCUT2D eigenvalue weighted by Gasteiger charge is 2.39. The average Bonchev–Trinajstić information content (AvgIpc) is 3.41. The highest BCUT2D eigenvalue weighted by Crippen LogP contribution is 2.30. The second-order valence-electron chi connectivity index (χ2n) is 8.63. The number of rotatable bonds is 6. The second-order valence-corrected chi connectivity index (χ2v) is 8.63. The predicted molar refractivity (Wildman–Crippen MR) is 113 cm³/mol. The minimum absolute atomic E-state index is 0.174. The molecule has 1 N–H and O–H groups in total. The lowest BCUT2D eigenvalue weighted by atomic mass is 10.0. The lowest BCUT2D eigenvalue weighted by Gasteiger charge is -2.34. The maximum Gasteiger partial charge on any atom is 0.255 e. The molecule has 5 rings (SSSR count). The topological polar surface area (TPSA) is 105 Å². The van der Waals surface area contributed by atoms with Gasteiger partial charge in [-0.3, -0.25) is 24.6 Å². The van der Waals surface area contributed by atoms with E-state index < -0.39 is 11.9 Å². The Balaban J connectivity index is 1.23. The fourth-order valence-corrected chi connectivity index (χ4v) is 4.81. The number of oxazole rings is 1. The third-order valence-electron chi connectivity index (χ3n) is 6.54. The summed E-state index contributed by atoms with van der Waals surface area (Å²) in [6, 6.07) is 5.16. The Morgan fingerprint density at radius 2 is 2.09 bits per heavy atom. The number of nitrogens with one attached hydrogen (secondary N) is 1. The Hall–Kier alpha value is -3.20. The molecular weight excluding hydrogens is 412 g/mol. The van der Waals surface area contributed by atoms with Crippen LogP contribution in [0.5, 0.6) is 5.75 Å². The Bertz CT molecular complexity index is 1020. The zero-order valence-corrected chi connectivity index (χ0v) is 17.8. The highest BCUT2D eigenvalue weighted by atomic mass is 16.5. The van der Waals surface area contributed by atoms with Crippen LogP contribution in [0.2, 0.25) is 0 Å². The summed E-state index contributed by atoms with van der Waals surface area (Å²) < 4.78 is 11.2. The molecule has 1 unspecified atom stereocenters. The number of hydrogen-bond acceptors (Lipinski definition) is 7. The van der Waals surface area contributed by atoms with Gasteiger partial charge in [0, 0.05) is 31.1 Å². The molecule has 3 amide bonds. The molecule has 1 aromatic carbocycles. The Morgan fingerprint density at radius 1 is 1.19 bits per heavy atom. The van der Waals surface area contributed by atoms with Gasteiger partial charge in [0.05, 0.1) is 5.69 Å². The van der Waals surface area contributed by atoms with Crippen molar-refractivity contribution >= 4 is 17.7 Å². The zero-order chi connectivity index (χ0) is 22.1. The first kappa shape index (κ1) is 20.7. The Morgan fingerprint density at radius 3 is 2.91 bits per heavy atom. The van der Waals surface area contributed by atoms with Crippen LogP contribution in [0, 0.1) is 0 Å². The van der Waals surface area contributed by atoms with Gasteiger partial charge in [-0.1, -0.05) is 6.42 Å². The van der Waals surface area contributed by atoms with E-state index >= 15 is 0 Å². The third-order valence-corrected chi connectivity index (χ3v) is 6.54. The van der Waals surface area contributed by atoms with E-state index in [0.717, 1.165) is 37.2 Å². The van der Waals surface area contributed by atoms with Crippen LogP contribution in [-0.4, -0.2) is 57.7 Å². The van der Waals surface area contributed by atoms with Crippen LogP contribution in [0.25, 0.3) is 0 Å². The number of nitrogens with zero attached hydrogens (tertiary/aromatic N) is 3. The molecule has 2 saturated heterocycles. The van der Waals surface area contributed by atoms with Gasteiger partial charge in [-0.15, -0.1) is 0 Å². The molecule has 2 aromatic rings. The summed E-state index contributed by atoms with van der Waals surface area (Å²) >= 11 is 0. The molecule has 3 aliphatic heterocycles. The number of amides is 3. The number of benzene rings is 1. The fraction of sp³-hybridized carbons (Fsp3) is 0.478. The summed E-state index contributed by atoms with van der Waals surface area (Å²) in [5.74, 6) is -0.143. The van der Waals surface area contributed by atoms with Gasteiger partial charge < -0.3 is 14.1 Å². The lowest BCUT2D eigenvalue weighted by Crippen LogP contribution is -2.52. The molecule has 168 valence electrons. The molecule has 0 radical (unpaired) electrons. The number of carbonyl (C=O) groups is 3. The zero-order valence-electron chi connectivity index (χ0n) is 17.8. The molecule has 9 heteroatoms. The van der Waals surface area contributed by atoms with Gasteiger partial charge >= 0.3 is 0 Å². The first-order valence-corrected chi connectivity index (χ1v) is 11.1. The molecule has 2 atom stereocenters. The number of piperidine rings is 2. The minimum atomic E-state index is -0.607. The fourth-order valence-electron chi connectivity index (χ4n) is 4.81. The molecule has 0 spiro atoms. The van der Waals surface area contributed by atoms with Crippen LogP contribution in [0.4, 0.5) is 0 Å². The van der Waals surface area contributed by atoms with Crippen LogP contribution >= 0.6 is 0 Å². The molecule has 2 fully saturated rings. The second kappa shape index (κ2) is 8.74. The molecule has 0 bridgehead atoms. The molecule has 1 aromatic heterocycles. The van der Waals surface area contributed by atoms with Crippen LogP contribution in [-0.2, 0) is 22.7 Å². The maximum absolute atomic E-state index is 12.8. The van der Waals surface area contributed by atoms with Gasteiger partial charge in [-0.2, -0.15) is 0 Å². The van der Waals surface area contributed by atoms with Gasteiger partial charge in [-0.05, 0) is 49.6 Å². The van der Waals surface area contributed by atoms with E-state index in [2.05, 4.69) is 15.2 Å². The van der Waals surface area contributed by atoms with Crippen molar-refractivity contribution in [3.8, 4) is 5.75 Å². The van der Waals surface area contributed by atoms with Crippen molar-refractivity contribution in [3.63, 3.8) is 0 Å². The summed E-state index contributed by atoms with van der Waals surface area (Å²) in [6.45, 7) is 2.64. The summed E-state index contributed by atoms with van der Waals surface area (Å²) in [6.07, 6.45) is 7.12. The van der Waals surface area contributed by atoms with Crippen molar-refractivity contribution in [1.82, 2.24) is 20.1 Å². The van der Waals surface area contributed by atoms with Gasteiger partial charge in [0.25, 0.3) is 5.91 Å². The van der Waals surface area contributed by atoms with Crippen molar-refractivity contribution < 1.29 is 23.5 Å². The number of aromatic nitrogens is 1. The summed E-state index contributed by atoms with van der Waals surface area (Å²) in [7, 11) is 0. The highest BCUT2D eigenvalue weighted by molar-refractivity contribution is 6.05. The smallest absolute Gasteiger partial charge is 0.255 e. The van der Waals surface area contributed by atoms with E-state index in [-0.39, 0.29) is 24.3 Å². The van der Waals surface area contributed by atoms with Gasteiger partial charge in [-0.25, -0.2) is 4.98 Å². The molecular formula is C23H26N4O5. The third kappa shape index (κ3) is 4.12. The SMILES string of the molecule is O=C1CCC(N2Cc3cc(OC[C@@H]4CCCCN4Cc4cocn4)ccc3C2=O)C(=O)N1. The Labute approximate surface area is 185 Å². The normalized spacial score (nSPS) is 23.9. The van der Waals surface area contributed by atoms with E-state index in [9.17, 15) is 14.4 Å². The molecule has 3 aliphatic rings. The monoisotopic (exact) mass is 438 g/mol. The van der Waals surface area contributed by atoms with Crippen LogP contribution < -0.4 is 10.1 Å². The molecule has 0 aliphatic carbocycles. The summed E-state index contributed by atoms with van der Waals surface area (Å²) in [5, 5.41) is 2.33. The standard InChI is InChI=1S/C23H26N4O5/c28-21-7-6-20(22(29)25-21)27-10-15-9-18(4-5-19(15)23(27)30)32-13-17-3-1-2-8-26(17)11-16-12-31-14-24-16/h4-5,9,12,14,17,20H,1-3,6-8,10-11,13H2,(H,25,28,29)/t17-,20?/m0/s1. The first-order chi connectivity index (χ1) is 15.6. The Kier molecular flexibility index (Phi) is 5.65. The van der Waals surface area contributed by atoms with Crippen molar-refractivity contribution in [2.24, 2.45) is 0 Å². The van der Waals surface area contributed by atoms with Crippen molar-refractivity contribution in [2.75, 3.05) is 13.2 Å². The van der Waals surface area contributed by atoms with Gasteiger partial charge in [0.15, 0.2) is 6.39 Å². The summed E-state index contributed by atoms with van der Waals surface area (Å²) in [5.41, 5.74) is 2.36. The van der Waals surface area contributed by atoms with E-state index in [0.29, 0.717) is 30.9 Å². The largest absolute Gasteiger partial charge is 0.492 e. The molecule has 4 heterocycles. The number of imide groups is 1. The van der Waals surface area contributed by atoms with E-state index in [4.69, 9.17) is 9.15 Å². The number of hydrogen-bond donors (Lipinski definition) is 1. The first-order valence-electron chi connectivity index (χ1n) is 11.1. The molecule has 32 heavy (non-hydrogen) atoms. The minimum Gasteiger partial charge on any atom is -0.492 e. The molecule has 0 saturated carbocycles. The maximum atomic E-state index is 12.8. The predicted octanol–water partition coefficient (Wildman–Crippen LogP) is 1.87. The van der Waals surface area contributed by atoms with Crippen molar-refractivity contribution in [2.45, 2.75) is 57.3 Å². The number of fused-ring (bicyclic) bond motifs is 1. The number of carbonyl (C=O) groups excluding carboxylic acids is 3. The van der Waals surface area contributed by atoms with E-state index in [1.807, 2.05) is 12.1 Å². The van der Waals surface area contributed by atoms with Gasteiger partial charge in [0.1, 0.15) is 24.7 Å². The van der Waals surface area contributed by atoms with E-state index in [1.165, 1.54) is 12.8 Å². The van der Waals surface area contributed by atoms with Gasteiger partial charge in [0.2, 0.25) is 11.8 Å². The lowest BCUT2D eigenvalue weighted by molar-refractivity contribution is -0.136. The number of ether oxygens (including phenoxy) is 1. The number of likely N-dealkylation sites (tertiary alicyclic amines) is 1. The van der Waals surface area contributed by atoms with Crippen molar-refractivity contribution in [1.29, 1.82) is 0 Å². The van der Waals surface area contributed by atoms with Crippen molar-refractivity contribution in [3.05, 3.63) is 47.7 Å². The van der Waals surface area contributed by atoms with Crippen LogP contribution in [0.1, 0.15) is 53.7 Å². The average molecular weight is 438 g/mol. The van der Waals surface area contributed by atoms with E-state index in [1.54, 1.807) is 17.2 Å². The molecule has 9 nitrogen and oxygen atoms in total. The summed E-state index contributed by atoms with van der Waals surface area (Å²) in [4.78, 5) is 44.6.